The highest BCUT2D eigenvalue weighted by Crippen LogP contribution is 2.29. The zero-order valence-electron chi connectivity index (χ0n) is 10.9. The molecule has 0 fully saturated rings. The fraction of sp³-hybridized carbons (Fsp3) is 0. The Labute approximate surface area is 126 Å². The lowest BCUT2D eigenvalue weighted by molar-refractivity contribution is 0.627. The van der Waals surface area contributed by atoms with Crippen LogP contribution in [-0.2, 0) is 0 Å². The maximum absolute atomic E-state index is 13.1. The molecule has 0 aliphatic carbocycles. The molecule has 0 atom stereocenters. The molecule has 0 radical (unpaired) electrons. The molecule has 0 aliphatic heterocycles. The van der Waals surface area contributed by atoms with Gasteiger partial charge in [-0.05, 0) is 23.8 Å². The number of hydrogen-bond acceptors (Lipinski definition) is 2. The minimum absolute atomic E-state index is 0.280. The van der Waals surface area contributed by atoms with Crippen molar-refractivity contribution in [1.82, 2.24) is 14.8 Å². The van der Waals surface area contributed by atoms with E-state index < -0.39 is 0 Å². The van der Waals surface area contributed by atoms with Gasteiger partial charge in [0.15, 0.2) is 0 Å². The SMILES string of the molecule is Fc1ccc(/C(=C\n2cncn2)c2ccccc2Cl)cc1. The molecule has 0 unspecified atom stereocenters. The van der Waals surface area contributed by atoms with Crippen LogP contribution in [-0.4, -0.2) is 14.8 Å². The average molecular weight is 300 g/mol. The van der Waals surface area contributed by atoms with Crippen LogP contribution >= 0.6 is 11.6 Å². The number of aromatic nitrogens is 3. The summed E-state index contributed by atoms with van der Waals surface area (Å²) in [5.41, 5.74) is 2.53. The maximum Gasteiger partial charge on any atom is 0.138 e. The second-order valence-corrected chi connectivity index (χ2v) is 4.81. The predicted molar refractivity (Wildman–Crippen MR) is 81.1 cm³/mol. The second-order valence-electron chi connectivity index (χ2n) is 4.41. The van der Waals surface area contributed by atoms with Crippen LogP contribution in [0.1, 0.15) is 11.1 Å². The normalized spacial score (nSPS) is 11.6. The van der Waals surface area contributed by atoms with Crippen molar-refractivity contribution in [3.05, 3.63) is 83.2 Å². The van der Waals surface area contributed by atoms with Gasteiger partial charge in [0.1, 0.15) is 18.5 Å². The predicted octanol–water partition coefficient (Wildman–Crippen LogP) is 4.12. The molecular formula is C16H11ClFN3. The topological polar surface area (TPSA) is 30.7 Å². The molecule has 1 aromatic heterocycles. The summed E-state index contributed by atoms with van der Waals surface area (Å²) < 4.78 is 14.7. The number of nitrogens with zero attached hydrogens (tertiary/aromatic N) is 3. The van der Waals surface area contributed by atoms with E-state index in [1.54, 1.807) is 29.3 Å². The molecule has 0 bridgehead atoms. The molecule has 0 aliphatic rings. The highest BCUT2D eigenvalue weighted by atomic mass is 35.5. The molecule has 3 aromatic rings. The number of halogens is 2. The first-order chi connectivity index (χ1) is 10.2. The molecular weight excluding hydrogens is 289 g/mol. The van der Waals surface area contributed by atoms with Gasteiger partial charge in [0.25, 0.3) is 0 Å². The Kier molecular flexibility index (Phi) is 3.79. The molecule has 0 saturated heterocycles. The summed E-state index contributed by atoms with van der Waals surface area (Å²) in [5.74, 6) is -0.280. The highest BCUT2D eigenvalue weighted by Gasteiger charge is 2.09. The van der Waals surface area contributed by atoms with Gasteiger partial charge in [0, 0.05) is 22.4 Å². The van der Waals surface area contributed by atoms with E-state index in [1.165, 1.54) is 18.5 Å². The van der Waals surface area contributed by atoms with Crippen LogP contribution in [0, 0.1) is 5.82 Å². The first-order valence-corrected chi connectivity index (χ1v) is 6.68. The van der Waals surface area contributed by atoms with Gasteiger partial charge in [0.2, 0.25) is 0 Å². The molecule has 5 heteroatoms. The molecule has 1 heterocycles. The Morgan fingerprint density at radius 3 is 2.52 bits per heavy atom. The van der Waals surface area contributed by atoms with Crippen molar-refractivity contribution in [2.45, 2.75) is 0 Å². The number of hydrogen-bond donors (Lipinski definition) is 0. The largest absolute Gasteiger partial charge is 0.228 e. The van der Waals surface area contributed by atoms with Crippen LogP contribution in [0.15, 0.2) is 61.2 Å². The molecule has 3 rings (SSSR count). The first kappa shape index (κ1) is 13.5. The van der Waals surface area contributed by atoms with Gasteiger partial charge < -0.3 is 0 Å². The van der Waals surface area contributed by atoms with Gasteiger partial charge in [-0.3, -0.25) is 0 Å². The third-order valence-electron chi connectivity index (χ3n) is 3.02. The van der Waals surface area contributed by atoms with Crippen molar-refractivity contribution in [3.8, 4) is 0 Å². The smallest absolute Gasteiger partial charge is 0.138 e. The van der Waals surface area contributed by atoms with Crippen molar-refractivity contribution < 1.29 is 4.39 Å². The minimum atomic E-state index is -0.280. The third kappa shape index (κ3) is 3.01. The van der Waals surface area contributed by atoms with Gasteiger partial charge in [0.05, 0.1) is 0 Å². The zero-order chi connectivity index (χ0) is 14.7. The maximum atomic E-state index is 13.1. The van der Waals surface area contributed by atoms with E-state index >= 15 is 0 Å². The lowest BCUT2D eigenvalue weighted by Gasteiger charge is -2.10. The first-order valence-electron chi connectivity index (χ1n) is 6.31. The lowest BCUT2D eigenvalue weighted by Crippen LogP contribution is -1.94. The fourth-order valence-corrected chi connectivity index (χ4v) is 2.26. The standard InChI is InChI=1S/C16H11ClFN3/c17-16-4-2-1-3-14(16)15(9-21-11-19-10-20-21)12-5-7-13(18)8-6-12/h1-11H/b15-9+. The van der Waals surface area contributed by atoms with E-state index in [-0.39, 0.29) is 5.82 Å². The van der Waals surface area contributed by atoms with Crippen LogP contribution in [0.4, 0.5) is 4.39 Å². The van der Waals surface area contributed by atoms with Gasteiger partial charge in [-0.1, -0.05) is 41.9 Å². The van der Waals surface area contributed by atoms with E-state index in [4.69, 9.17) is 11.6 Å². The van der Waals surface area contributed by atoms with Crippen molar-refractivity contribution >= 4 is 23.4 Å². The summed E-state index contributed by atoms with van der Waals surface area (Å²) in [6.45, 7) is 0. The minimum Gasteiger partial charge on any atom is -0.228 e. The lowest BCUT2D eigenvalue weighted by atomic mass is 9.99. The Bertz CT molecular complexity index is 764. The number of benzene rings is 2. The van der Waals surface area contributed by atoms with Crippen molar-refractivity contribution in [2.24, 2.45) is 0 Å². The van der Waals surface area contributed by atoms with E-state index in [9.17, 15) is 4.39 Å². The van der Waals surface area contributed by atoms with Crippen molar-refractivity contribution in [2.75, 3.05) is 0 Å². The Hall–Kier alpha value is -2.46. The molecule has 0 N–H and O–H groups in total. The van der Waals surface area contributed by atoms with Gasteiger partial charge in [-0.25, -0.2) is 14.1 Å². The molecule has 2 aromatic carbocycles. The molecule has 0 spiro atoms. The zero-order valence-corrected chi connectivity index (χ0v) is 11.7. The monoisotopic (exact) mass is 299 g/mol. The highest BCUT2D eigenvalue weighted by molar-refractivity contribution is 6.32. The third-order valence-corrected chi connectivity index (χ3v) is 3.35. The Morgan fingerprint density at radius 1 is 1.10 bits per heavy atom. The Balaban J connectivity index is 2.16. The van der Waals surface area contributed by atoms with Gasteiger partial charge in [-0.15, -0.1) is 0 Å². The van der Waals surface area contributed by atoms with Crippen LogP contribution in [0.25, 0.3) is 11.8 Å². The van der Waals surface area contributed by atoms with E-state index in [0.717, 1.165) is 16.7 Å². The number of rotatable bonds is 3. The summed E-state index contributed by atoms with van der Waals surface area (Å²) in [4.78, 5) is 3.91. The van der Waals surface area contributed by atoms with Gasteiger partial charge in [-0.2, -0.15) is 5.10 Å². The second kappa shape index (κ2) is 5.89. The molecule has 3 nitrogen and oxygen atoms in total. The quantitative estimate of drug-likeness (QED) is 0.728. The van der Waals surface area contributed by atoms with Crippen LogP contribution in [0.2, 0.25) is 5.02 Å². The van der Waals surface area contributed by atoms with E-state index in [2.05, 4.69) is 10.1 Å². The van der Waals surface area contributed by atoms with Gasteiger partial charge >= 0.3 is 0 Å². The van der Waals surface area contributed by atoms with Crippen LogP contribution in [0.3, 0.4) is 0 Å². The molecule has 0 saturated carbocycles. The molecule has 21 heavy (non-hydrogen) atoms. The summed E-state index contributed by atoms with van der Waals surface area (Å²) in [7, 11) is 0. The van der Waals surface area contributed by atoms with Crippen LogP contribution in [0.5, 0.6) is 0 Å². The Morgan fingerprint density at radius 2 is 1.86 bits per heavy atom. The molecule has 0 amide bonds. The fourth-order valence-electron chi connectivity index (χ4n) is 2.02. The van der Waals surface area contributed by atoms with E-state index in [1.807, 2.05) is 24.3 Å². The van der Waals surface area contributed by atoms with Crippen molar-refractivity contribution in [3.63, 3.8) is 0 Å². The summed E-state index contributed by atoms with van der Waals surface area (Å²) >= 11 is 6.28. The summed E-state index contributed by atoms with van der Waals surface area (Å²) in [6, 6.07) is 13.7. The average Bonchev–Trinajstić information content (AvgIpc) is 3.00. The van der Waals surface area contributed by atoms with Crippen LogP contribution < -0.4 is 0 Å². The van der Waals surface area contributed by atoms with E-state index in [0.29, 0.717) is 5.02 Å². The van der Waals surface area contributed by atoms with Crippen molar-refractivity contribution in [1.29, 1.82) is 0 Å². The molecule has 104 valence electrons. The summed E-state index contributed by atoms with van der Waals surface area (Å²) in [6.07, 6.45) is 4.84. The summed E-state index contributed by atoms with van der Waals surface area (Å²) in [5, 5.41) is 4.68.